The van der Waals surface area contributed by atoms with Gasteiger partial charge in [-0.1, -0.05) is 196 Å². The van der Waals surface area contributed by atoms with E-state index in [1.165, 1.54) is 79.0 Å². The SMILES string of the molecule is CC(=O)OCC(=O)Oc1c(C)cc([S+](c2ccccc2)c2ccccc2)cc1C.CCC(=O)Oc1c(C)cc([S+](c2ccccc2)c2ccccc2)cc1C.CCCOc1c(C)cc([S+](c2ccccc2)c2ccccc2)cc1C.COC(=O)COc1c(C)cc([S+](c2ccccc2)c2ccccc2)cc1C.Cc1cc([S+](c2ccccc2)c2ccccc2)cc(C)c1OCCCC(F)(F)CC(F)(F)C(F)(F)F. The van der Waals surface area contributed by atoms with E-state index in [1.54, 1.807) is 0 Å². The molecule has 11 nitrogen and oxygen atoms in total. The van der Waals surface area contributed by atoms with E-state index in [0.717, 1.165) is 88.6 Å². The van der Waals surface area contributed by atoms with Crippen LogP contribution in [0.15, 0.2) is 437 Å². The highest BCUT2D eigenvalue weighted by molar-refractivity contribution is 7.98. The van der Waals surface area contributed by atoms with Crippen LogP contribution in [-0.4, -0.2) is 75.4 Å². The molecule has 0 radical (unpaired) electrons. The van der Waals surface area contributed by atoms with Crippen LogP contribution in [0, 0.1) is 69.2 Å². The minimum absolute atomic E-state index is 0.0827. The first-order chi connectivity index (χ1) is 68.7. The quantitative estimate of drug-likeness (QED) is 0.0128. The summed E-state index contributed by atoms with van der Waals surface area (Å²) in [5, 5.41) is 0. The van der Waals surface area contributed by atoms with Crippen LogP contribution in [0.25, 0.3) is 0 Å². The lowest BCUT2D eigenvalue weighted by Gasteiger charge is -2.25. The minimum Gasteiger partial charge on any atom is -0.493 e. The van der Waals surface area contributed by atoms with E-state index >= 15 is 0 Å². The molecule has 0 atom stereocenters. The van der Waals surface area contributed by atoms with Crippen molar-refractivity contribution >= 4 is 78.4 Å². The van der Waals surface area contributed by atoms with Crippen molar-refractivity contribution < 1.29 is 83.1 Å². The lowest BCUT2D eigenvalue weighted by Crippen LogP contribution is -2.41. The molecule has 0 fully saturated rings. The molecule has 0 aliphatic heterocycles. The van der Waals surface area contributed by atoms with E-state index in [9.17, 15) is 49.9 Å². The van der Waals surface area contributed by atoms with Crippen molar-refractivity contribution in [3.05, 3.63) is 420 Å². The lowest BCUT2D eigenvalue weighted by atomic mass is 10.0. The Labute approximate surface area is 850 Å². The van der Waals surface area contributed by atoms with Gasteiger partial charge in [-0.25, -0.2) is 18.4 Å². The van der Waals surface area contributed by atoms with Crippen LogP contribution in [-0.2, 0) is 83.1 Å². The van der Waals surface area contributed by atoms with Crippen LogP contribution in [0.2, 0.25) is 0 Å². The molecule has 15 aromatic rings. The van der Waals surface area contributed by atoms with Crippen LogP contribution >= 0.6 is 0 Å². The molecule has 0 saturated heterocycles. The summed E-state index contributed by atoms with van der Waals surface area (Å²) in [4.78, 5) is 64.5. The number of ether oxygens (including phenoxy) is 7. The number of hydrogen-bond acceptors (Lipinski definition) is 11. The molecule has 0 amide bonds. The predicted molar refractivity (Wildman–Crippen MR) is 562 cm³/mol. The second-order valence-corrected chi connectivity index (χ2v) is 43.7. The number of aryl methyl sites for hydroxylation is 10. The van der Waals surface area contributed by atoms with Crippen molar-refractivity contribution in [3.63, 3.8) is 0 Å². The maximum absolute atomic E-state index is 13.8. The Morgan fingerprint density at radius 3 is 0.699 bits per heavy atom. The van der Waals surface area contributed by atoms with Crippen molar-refractivity contribution in [2.75, 3.05) is 33.5 Å². The van der Waals surface area contributed by atoms with Gasteiger partial charge in [-0.3, -0.25) is 9.59 Å². The third-order valence-electron chi connectivity index (χ3n) is 22.1. The van der Waals surface area contributed by atoms with Crippen molar-refractivity contribution in [1.82, 2.24) is 0 Å². The second kappa shape index (κ2) is 53.8. The molecule has 15 rings (SSSR count). The van der Waals surface area contributed by atoms with E-state index in [0.29, 0.717) is 23.7 Å². The number of carbonyl (C=O) groups excluding carboxylic acids is 4. The summed E-state index contributed by atoms with van der Waals surface area (Å²) in [5.41, 5.74) is 9.70. The van der Waals surface area contributed by atoms with Crippen molar-refractivity contribution in [3.8, 4) is 28.7 Å². The van der Waals surface area contributed by atoms with Gasteiger partial charge in [0.1, 0.15) is 28.7 Å². The van der Waals surface area contributed by atoms with Crippen LogP contribution in [0.4, 0.5) is 30.7 Å². The van der Waals surface area contributed by atoms with Crippen molar-refractivity contribution in [2.24, 2.45) is 0 Å². The third kappa shape index (κ3) is 31.7. The summed E-state index contributed by atoms with van der Waals surface area (Å²) in [6, 6.07) is 126. The molecule has 0 aromatic heterocycles. The topological polar surface area (TPSA) is 133 Å². The number of hydrogen-bond donors (Lipinski definition) is 0. The zero-order valence-corrected chi connectivity index (χ0v) is 86.8. The number of esters is 4. The van der Waals surface area contributed by atoms with Gasteiger partial charge in [0, 0.05) is 80.4 Å². The number of alkyl halides is 7. The highest BCUT2D eigenvalue weighted by Crippen LogP contribution is 2.46. The first kappa shape index (κ1) is 110. The fourth-order valence-electron chi connectivity index (χ4n) is 15.7. The van der Waals surface area contributed by atoms with E-state index in [4.69, 9.17) is 28.4 Å². The fraction of sp³-hybridized carbons (Fsp3) is 0.217. The molecule has 0 unspecified atom stereocenters. The molecule has 0 heterocycles. The van der Waals surface area contributed by atoms with Crippen LogP contribution in [0.1, 0.15) is 109 Å². The summed E-state index contributed by atoms with van der Waals surface area (Å²) < 4.78 is 128. The molecule has 0 aliphatic carbocycles. The van der Waals surface area contributed by atoms with Gasteiger partial charge in [0.25, 0.3) is 5.92 Å². The molecule has 0 spiro atoms. The van der Waals surface area contributed by atoms with E-state index in [1.807, 2.05) is 196 Å². The molecule has 15 aromatic carbocycles. The number of carbonyl (C=O) groups is 4. The number of rotatable bonds is 33. The van der Waals surface area contributed by atoms with Gasteiger partial charge < -0.3 is 33.2 Å². The maximum atomic E-state index is 13.8. The molecule has 143 heavy (non-hydrogen) atoms. The van der Waals surface area contributed by atoms with Crippen LogP contribution in [0.5, 0.6) is 28.7 Å². The molecule has 740 valence electrons. The van der Waals surface area contributed by atoms with Gasteiger partial charge in [-0.05, 0) is 259 Å². The average molecular weight is 2030 g/mol. The molecular weight excluding hydrogens is 1910 g/mol. The monoisotopic (exact) mass is 2030 g/mol. The van der Waals surface area contributed by atoms with Gasteiger partial charge in [0.05, 0.1) is 81.2 Å². The number of halogens is 7. The Balaban J connectivity index is 0.000000172. The zero-order chi connectivity index (χ0) is 103. The standard InChI is InChI=1S/C27H26F7OS.C24H23O4S.C23H23O3S.C23H23O2S.C23H25OS/c1-19-16-23(36(21-10-5-3-6-11-21)22-12-7-4-8-13-22)17-20(2)24(19)35-15-9-14-25(28,29)18-26(30,31)27(32,33)34;1-17-14-22(15-18(2)24(17)28-23(26)16-27-19(3)25)29(20-10-6-4-7-11-20)21-12-8-5-9-13-21;1-17-14-21(15-18(2)23(17)26-16-22(24)25-3)27(19-10-6-4-7-11-19)20-12-8-5-9-13-20;1-4-22(24)25-23-17(2)15-21(16-18(23)3)26(19-11-7-5-8-12-19)20-13-9-6-10-14-20;1-4-15-24-23-18(2)16-22(17-19(23)3)25(20-11-7-5-8-12-20)21-13-9-6-10-14-21/h3-8,10-13,16-17H,9,14-15,18H2,1-2H3;4-15H,16H2,1-3H3;4-15H,16H2,1-3H3;5-16H,4H2,1-3H3;5-14,16-17H,4,15H2,1-3H3/q5*+1. The summed E-state index contributed by atoms with van der Waals surface area (Å²) in [5.74, 6) is -7.85. The fourth-order valence-corrected chi connectivity index (χ4v) is 27.0. The smallest absolute Gasteiger partial charge is 0.453 e. The van der Waals surface area contributed by atoms with Gasteiger partial charge in [-0.15, -0.1) is 0 Å². The average Bonchev–Trinajstić information content (AvgIpc) is 0.796. The van der Waals surface area contributed by atoms with Gasteiger partial charge in [0.2, 0.25) is 0 Å². The molecule has 0 bridgehead atoms. The number of benzene rings is 15. The van der Waals surface area contributed by atoms with Gasteiger partial charge in [-0.2, -0.15) is 22.0 Å². The predicted octanol–water partition coefficient (Wildman–Crippen LogP) is 30.5. The lowest BCUT2D eigenvalue weighted by molar-refractivity contribution is -0.301. The van der Waals surface area contributed by atoms with Crippen molar-refractivity contribution in [1.29, 1.82) is 0 Å². The van der Waals surface area contributed by atoms with Crippen molar-refractivity contribution in [2.45, 2.75) is 214 Å². The van der Waals surface area contributed by atoms with E-state index in [2.05, 4.69) is 256 Å². The Kier molecular flexibility index (Phi) is 41.5. The van der Waals surface area contributed by atoms with Crippen LogP contribution in [0.3, 0.4) is 0 Å². The minimum atomic E-state index is -6.01. The molecular formula is C120H120F7O11S5+5. The highest BCUT2D eigenvalue weighted by Gasteiger charge is 2.61. The molecule has 23 heteroatoms. The zero-order valence-electron chi connectivity index (χ0n) is 82.7. The van der Waals surface area contributed by atoms with Gasteiger partial charge >= 0.3 is 36.0 Å². The summed E-state index contributed by atoms with van der Waals surface area (Å²) in [6.45, 7) is 25.1. The second-order valence-electron chi connectivity index (χ2n) is 33.6. The molecule has 0 aliphatic rings. The van der Waals surface area contributed by atoms with E-state index < -0.39 is 60.3 Å². The molecule has 0 saturated carbocycles. The summed E-state index contributed by atoms with van der Waals surface area (Å²) in [7, 11) is 0.180. The third-order valence-corrected chi connectivity index (χ3v) is 33.1. The first-order valence-corrected chi connectivity index (χ1v) is 52.9. The Bertz CT molecular complexity index is 6290. The highest BCUT2D eigenvalue weighted by atomic mass is 32.2. The number of methoxy groups -OCH3 is 1. The normalized spacial score (nSPS) is 11.2. The molecule has 0 N–H and O–H groups in total. The van der Waals surface area contributed by atoms with Gasteiger partial charge in [0.15, 0.2) is 86.6 Å². The Morgan fingerprint density at radius 1 is 0.273 bits per heavy atom. The Hall–Kier alpha value is -13.2. The summed E-state index contributed by atoms with van der Waals surface area (Å²) in [6.07, 6.45) is -8.70. The van der Waals surface area contributed by atoms with E-state index in [-0.39, 0.29) is 75.2 Å². The maximum Gasteiger partial charge on any atom is 0.453 e. The van der Waals surface area contributed by atoms with Crippen LogP contribution < -0.4 is 23.7 Å². The Morgan fingerprint density at radius 2 is 0.490 bits per heavy atom. The summed E-state index contributed by atoms with van der Waals surface area (Å²) >= 11 is 0. The largest absolute Gasteiger partial charge is 0.493 e. The first-order valence-electron chi connectivity index (χ1n) is 46.8.